The van der Waals surface area contributed by atoms with Gasteiger partial charge >= 0.3 is 5.69 Å². The Morgan fingerprint density at radius 3 is 2.52 bits per heavy atom. The quantitative estimate of drug-likeness (QED) is 0.665. The zero-order valence-electron chi connectivity index (χ0n) is 12.8. The number of rotatable bonds is 5. The standard InChI is InChI=1S/C14H23N3O4/c1-9(2)12-13(17(19)20)14(16(3)15-12)21-11-6-4-10(8-18)5-7-11/h9-11,18H,4-8H2,1-3H3. The summed E-state index contributed by atoms with van der Waals surface area (Å²) in [4.78, 5) is 10.9. The van der Waals surface area contributed by atoms with Crippen molar-refractivity contribution in [3.05, 3.63) is 15.8 Å². The first-order valence-electron chi connectivity index (χ1n) is 7.42. The molecule has 1 aliphatic rings. The van der Waals surface area contributed by atoms with Crippen LogP contribution in [-0.2, 0) is 7.05 Å². The third kappa shape index (κ3) is 3.34. The number of aliphatic hydroxyl groups is 1. The van der Waals surface area contributed by atoms with E-state index in [0.29, 0.717) is 11.6 Å². The van der Waals surface area contributed by atoms with E-state index < -0.39 is 4.92 Å². The minimum atomic E-state index is -0.406. The van der Waals surface area contributed by atoms with Crippen LogP contribution in [0.3, 0.4) is 0 Å². The second-order valence-corrected chi connectivity index (χ2v) is 6.02. The van der Waals surface area contributed by atoms with Crippen LogP contribution in [0.25, 0.3) is 0 Å². The lowest BCUT2D eigenvalue weighted by molar-refractivity contribution is -0.387. The molecule has 2 rings (SSSR count). The molecule has 0 saturated heterocycles. The lowest BCUT2D eigenvalue weighted by atomic mass is 9.88. The molecule has 1 aromatic rings. The molecule has 7 heteroatoms. The molecule has 0 aliphatic heterocycles. The van der Waals surface area contributed by atoms with Crippen LogP contribution in [0.1, 0.15) is 51.1 Å². The van der Waals surface area contributed by atoms with Crippen molar-refractivity contribution >= 4 is 5.69 Å². The van der Waals surface area contributed by atoms with Gasteiger partial charge in [0.2, 0.25) is 0 Å². The molecule has 21 heavy (non-hydrogen) atoms. The summed E-state index contributed by atoms with van der Waals surface area (Å²) in [7, 11) is 1.67. The highest BCUT2D eigenvalue weighted by molar-refractivity contribution is 5.47. The lowest BCUT2D eigenvalue weighted by Gasteiger charge is -2.27. The van der Waals surface area contributed by atoms with Gasteiger partial charge in [0, 0.05) is 19.6 Å². The first kappa shape index (κ1) is 15.8. The molecule has 1 aliphatic carbocycles. The molecule has 0 unspecified atom stereocenters. The zero-order chi connectivity index (χ0) is 15.6. The van der Waals surface area contributed by atoms with Crippen LogP contribution in [0.5, 0.6) is 5.88 Å². The van der Waals surface area contributed by atoms with Crippen molar-refractivity contribution in [2.75, 3.05) is 6.61 Å². The number of aliphatic hydroxyl groups excluding tert-OH is 1. The van der Waals surface area contributed by atoms with Gasteiger partial charge in [-0.05, 0) is 31.6 Å². The summed E-state index contributed by atoms with van der Waals surface area (Å²) in [5, 5.41) is 24.7. The molecule has 1 heterocycles. The Labute approximate surface area is 124 Å². The molecule has 1 N–H and O–H groups in total. The Bertz CT molecular complexity index is 505. The maximum atomic E-state index is 11.3. The Balaban J connectivity index is 2.18. The molecule has 118 valence electrons. The van der Waals surface area contributed by atoms with Crippen molar-refractivity contribution in [1.82, 2.24) is 9.78 Å². The molecule has 1 saturated carbocycles. The van der Waals surface area contributed by atoms with E-state index in [1.165, 1.54) is 4.68 Å². The fraction of sp³-hybridized carbons (Fsp3) is 0.786. The van der Waals surface area contributed by atoms with Gasteiger partial charge in [-0.2, -0.15) is 5.10 Å². The smallest absolute Gasteiger partial charge is 0.353 e. The van der Waals surface area contributed by atoms with Crippen molar-refractivity contribution < 1.29 is 14.8 Å². The Kier molecular flexibility index (Phi) is 4.82. The second kappa shape index (κ2) is 6.43. The molecule has 0 spiro atoms. The monoisotopic (exact) mass is 297 g/mol. The summed E-state index contributed by atoms with van der Waals surface area (Å²) >= 11 is 0. The average molecular weight is 297 g/mol. The highest BCUT2D eigenvalue weighted by Gasteiger charge is 2.32. The summed E-state index contributed by atoms with van der Waals surface area (Å²) < 4.78 is 7.34. The molecular formula is C14H23N3O4. The van der Waals surface area contributed by atoms with E-state index in [0.717, 1.165) is 25.7 Å². The number of aromatic nitrogens is 2. The predicted octanol–water partition coefficient (Wildman–Crippen LogP) is 2.38. The first-order chi connectivity index (χ1) is 9.93. The van der Waals surface area contributed by atoms with Crippen molar-refractivity contribution in [2.24, 2.45) is 13.0 Å². The van der Waals surface area contributed by atoms with E-state index in [2.05, 4.69) is 5.10 Å². The van der Waals surface area contributed by atoms with E-state index in [1.807, 2.05) is 13.8 Å². The van der Waals surface area contributed by atoms with Gasteiger partial charge in [-0.1, -0.05) is 13.8 Å². The average Bonchev–Trinajstić information content (AvgIpc) is 2.77. The van der Waals surface area contributed by atoms with Crippen molar-refractivity contribution in [3.63, 3.8) is 0 Å². The van der Waals surface area contributed by atoms with Gasteiger partial charge in [-0.25, -0.2) is 4.68 Å². The SMILES string of the molecule is CC(C)c1nn(C)c(OC2CCC(CO)CC2)c1[N+](=O)[O-]. The second-order valence-electron chi connectivity index (χ2n) is 6.02. The Morgan fingerprint density at radius 1 is 1.43 bits per heavy atom. The van der Waals surface area contributed by atoms with Crippen molar-refractivity contribution in [1.29, 1.82) is 0 Å². The predicted molar refractivity (Wildman–Crippen MR) is 77.4 cm³/mol. The molecule has 0 amide bonds. The van der Waals surface area contributed by atoms with E-state index in [1.54, 1.807) is 7.05 Å². The molecular weight excluding hydrogens is 274 g/mol. The normalized spacial score (nSPS) is 22.5. The number of aryl methyl sites for hydroxylation is 1. The largest absolute Gasteiger partial charge is 0.470 e. The van der Waals surface area contributed by atoms with Crippen molar-refractivity contribution in [3.8, 4) is 5.88 Å². The summed E-state index contributed by atoms with van der Waals surface area (Å²) in [6.07, 6.45) is 3.37. The van der Waals surface area contributed by atoms with Gasteiger partial charge in [0.05, 0.1) is 4.92 Å². The maximum Gasteiger partial charge on any atom is 0.353 e. The number of ether oxygens (including phenoxy) is 1. The molecule has 0 radical (unpaired) electrons. The van der Waals surface area contributed by atoms with E-state index in [-0.39, 0.29) is 30.2 Å². The molecule has 1 aromatic heterocycles. The highest BCUT2D eigenvalue weighted by Crippen LogP contribution is 2.37. The van der Waals surface area contributed by atoms with Gasteiger partial charge in [0.25, 0.3) is 5.88 Å². The highest BCUT2D eigenvalue weighted by atomic mass is 16.6. The fourth-order valence-corrected chi connectivity index (χ4v) is 2.80. The fourth-order valence-electron chi connectivity index (χ4n) is 2.80. The minimum Gasteiger partial charge on any atom is -0.470 e. The van der Waals surface area contributed by atoms with E-state index in [4.69, 9.17) is 9.84 Å². The molecule has 1 fully saturated rings. The number of nitrogens with zero attached hydrogens (tertiary/aromatic N) is 3. The van der Waals surface area contributed by atoms with Crippen LogP contribution in [0, 0.1) is 16.0 Å². The van der Waals surface area contributed by atoms with Crippen LogP contribution >= 0.6 is 0 Å². The third-order valence-corrected chi connectivity index (χ3v) is 4.06. The summed E-state index contributed by atoms with van der Waals surface area (Å²) in [6.45, 7) is 3.97. The van der Waals surface area contributed by atoms with Crippen LogP contribution < -0.4 is 4.74 Å². The summed E-state index contributed by atoms with van der Waals surface area (Å²) in [5.74, 6) is 0.549. The maximum absolute atomic E-state index is 11.3. The third-order valence-electron chi connectivity index (χ3n) is 4.06. The summed E-state index contributed by atoms with van der Waals surface area (Å²) in [6, 6.07) is 0. The zero-order valence-corrected chi connectivity index (χ0v) is 12.8. The van der Waals surface area contributed by atoms with Gasteiger partial charge in [0.1, 0.15) is 11.8 Å². The first-order valence-corrected chi connectivity index (χ1v) is 7.42. The summed E-state index contributed by atoms with van der Waals surface area (Å²) in [5.41, 5.74) is 0.443. The minimum absolute atomic E-state index is 0.0169. The van der Waals surface area contributed by atoms with Crippen LogP contribution in [0.15, 0.2) is 0 Å². The number of nitro groups is 1. The Morgan fingerprint density at radius 2 is 2.05 bits per heavy atom. The van der Waals surface area contributed by atoms with Crippen LogP contribution in [0.4, 0.5) is 5.69 Å². The van der Waals surface area contributed by atoms with Gasteiger partial charge in [-0.3, -0.25) is 10.1 Å². The molecule has 0 atom stereocenters. The van der Waals surface area contributed by atoms with Crippen LogP contribution in [-0.4, -0.2) is 32.5 Å². The van der Waals surface area contributed by atoms with Gasteiger partial charge < -0.3 is 9.84 Å². The van der Waals surface area contributed by atoms with Gasteiger partial charge in [-0.15, -0.1) is 0 Å². The number of hydrogen-bond donors (Lipinski definition) is 1. The molecule has 7 nitrogen and oxygen atoms in total. The molecule has 0 bridgehead atoms. The van der Waals surface area contributed by atoms with E-state index in [9.17, 15) is 10.1 Å². The van der Waals surface area contributed by atoms with Crippen LogP contribution in [0.2, 0.25) is 0 Å². The van der Waals surface area contributed by atoms with Crippen molar-refractivity contribution in [2.45, 2.75) is 51.6 Å². The number of hydrogen-bond acceptors (Lipinski definition) is 5. The topological polar surface area (TPSA) is 90.4 Å². The Hall–Kier alpha value is -1.63. The molecule has 0 aromatic carbocycles. The van der Waals surface area contributed by atoms with E-state index >= 15 is 0 Å². The lowest BCUT2D eigenvalue weighted by Crippen LogP contribution is -2.26. The van der Waals surface area contributed by atoms with Gasteiger partial charge in [0.15, 0.2) is 0 Å².